The molecule has 1 aliphatic heterocycles. The van der Waals surface area contributed by atoms with Gasteiger partial charge in [0.25, 0.3) is 5.91 Å². The van der Waals surface area contributed by atoms with Crippen LogP contribution in [0, 0.1) is 0 Å². The van der Waals surface area contributed by atoms with E-state index in [-0.39, 0.29) is 11.9 Å². The van der Waals surface area contributed by atoms with Crippen molar-refractivity contribution in [2.75, 3.05) is 26.9 Å². The first-order chi connectivity index (χ1) is 14.3. The van der Waals surface area contributed by atoms with Gasteiger partial charge in [0.05, 0.1) is 24.5 Å². The maximum absolute atomic E-state index is 13.2. The van der Waals surface area contributed by atoms with Crippen molar-refractivity contribution >= 4 is 5.91 Å². The number of aromatic nitrogens is 3. The van der Waals surface area contributed by atoms with Crippen LogP contribution in [0.3, 0.4) is 0 Å². The number of benzene rings is 1. The molecular formula is C22H24N4O3. The molecule has 4 rings (SSSR count). The molecule has 3 heterocycles. The fourth-order valence-electron chi connectivity index (χ4n) is 3.72. The summed E-state index contributed by atoms with van der Waals surface area (Å²) >= 11 is 0. The summed E-state index contributed by atoms with van der Waals surface area (Å²) in [5.41, 5.74) is 3.68. The smallest absolute Gasteiger partial charge is 0.254 e. The van der Waals surface area contributed by atoms with E-state index in [0.29, 0.717) is 18.8 Å². The highest BCUT2D eigenvalue weighted by atomic mass is 16.5. The van der Waals surface area contributed by atoms with Crippen LogP contribution >= 0.6 is 0 Å². The van der Waals surface area contributed by atoms with E-state index >= 15 is 0 Å². The molecule has 0 bridgehead atoms. The normalized spacial score (nSPS) is 16.2. The SMILES string of the molecule is COCCOc1ccc(C(=O)N2CCC[C@@H]2c2[nH]ncc2-c2ccncc2)cc1. The van der Waals surface area contributed by atoms with Crippen molar-refractivity contribution in [3.8, 4) is 16.9 Å². The van der Waals surface area contributed by atoms with E-state index < -0.39 is 0 Å². The van der Waals surface area contributed by atoms with E-state index in [1.54, 1.807) is 19.5 Å². The first kappa shape index (κ1) is 19.1. The Kier molecular flexibility index (Phi) is 5.86. The maximum atomic E-state index is 13.2. The zero-order valence-electron chi connectivity index (χ0n) is 16.4. The number of likely N-dealkylation sites (tertiary alicyclic amines) is 1. The molecule has 7 nitrogen and oxygen atoms in total. The van der Waals surface area contributed by atoms with Crippen LogP contribution in [-0.2, 0) is 4.74 Å². The number of pyridine rings is 1. The van der Waals surface area contributed by atoms with Crippen LogP contribution in [0.25, 0.3) is 11.1 Å². The van der Waals surface area contributed by atoms with Gasteiger partial charge in [0.1, 0.15) is 12.4 Å². The first-order valence-corrected chi connectivity index (χ1v) is 9.74. The third-order valence-electron chi connectivity index (χ3n) is 5.16. The molecule has 0 aliphatic carbocycles. The average Bonchev–Trinajstić information content (AvgIpc) is 3.44. The number of H-pyrrole nitrogens is 1. The summed E-state index contributed by atoms with van der Waals surface area (Å²) in [6.45, 7) is 1.74. The van der Waals surface area contributed by atoms with Gasteiger partial charge in [-0.15, -0.1) is 0 Å². The van der Waals surface area contributed by atoms with E-state index in [1.165, 1.54) is 0 Å². The van der Waals surface area contributed by atoms with Gasteiger partial charge in [0, 0.05) is 37.2 Å². The highest BCUT2D eigenvalue weighted by Crippen LogP contribution is 2.37. The van der Waals surface area contributed by atoms with E-state index in [9.17, 15) is 4.79 Å². The molecule has 0 radical (unpaired) electrons. The Morgan fingerprint density at radius 2 is 1.97 bits per heavy atom. The Balaban J connectivity index is 1.52. The zero-order valence-corrected chi connectivity index (χ0v) is 16.4. The predicted molar refractivity (Wildman–Crippen MR) is 109 cm³/mol. The minimum atomic E-state index is -0.0224. The molecule has 3 aromatic rings. The van der Waals surface area contributed by atoms with Crippen molar-refractivity contribution in [1.82, 2.24) is 20.1 Å². The topological polar surface area (TPSA) is 80.3 Å². The number of methoxy groups -OCH3 is 1. The number of nitrogens with zero attached hydrogens (tertiary/aromatic N) is 3. The number of hydrogen-bond acceptors (Lipinski definition) is 5. The molecule has 1 N–H and O–H groups in total. The van der Waals surface area contributed by atoms with Gasteiger partial charge >= 0.3 is 0 Å². The van der Waals surface area contributed by atoms with Crippen molar-refractivity contribution in [1.29, 1.82) is 0 Å². The lowest BCUT2D eigenvalue weighted by atomic mass is 10.0. The van der Waals surface area contributed by atoms with Crippen LogP contribution in [0.1, 0.15) is 34.9 Å². The van der Waals surface area contributed by atoms with E-state index in [0.717, 1.165) is 42.0 Å². The quantitative estimate of drug-likeness (QED) is 0.623. The fourth-order valence-corrected chi connectivity index (χ4v) is 3.72. The van der Waals surface area contributed by atoms with Gasteiger partial charge in [0.15, 0.2) is 0 Å². The minimum Gasteiger partial charge on any atom is -0.491 e. The summed E-state index contributed by atoms with van der Waals surface area (Å²) in [5.74, 6) is 0.747. The molecule has 29 heavy (non-hydrogen) atoms. The third-order valence-corrected chi connectivity index (χ3v) is 5.16. The second-order valence-corrected chi connectivity index (χ2v) is 6.96. The van der Waals surface area contributed by atoms with E-state index in [4.69, 9.17) is 9.47 Å². The van der Waals surface area contributed by atoms with E-state index in [1.807, 2.05) is 47.5 Å². The highest BCUT2D eigenvalue weighted by molar-refractivity contribution is 5.95. The maximum Gasteiger partial charge on any atom is 0.254 e. The van der Waals surface area contributed by atoms with Crippen molar-refractivity contribution in [3.63, 3.8) is 0 Å². The molecule has 7 heteroatoms. The molecule has 0 saturated carbocycles. The molecule has 1 amide bonds. The van der Waals surface area contributed by atoms with E-state index in [2.05, 4.69) is 15.2 Å². The monoisotopic (exact) mass is 392 g/mol. The van der Waals surface area contributed by atoms with Crippen LogP contribution in [-0.4, -0.2) is 52.9 Å². The van der Waals surface area contributed by atoms with Crippen LogP contribution in [0.2, 0.25) is 0 Å². The van der Waals surface area contributed by atoms with Crippen LogP contribution in [0.15, 0.2) is 55.0 Å². The Labute approximate surface area is 169 Å². The van der Waals surface area contributed by atoms with Gasteiger partial charge in [-0.3, -0.25) is 14.9 Å². The largest absolute Gasteiger partial charge is 0.491 e. The Bertz CT molecular complexity index is 940. The van der Waals surface area contributed by atoms with Crippen molar-refractivity contribution in [2.24, 2.45) is 0 Å². The van der Waals surface area contributed by atoms with Crippen molar-refractivity contribution in [2.45, 2.75) is 18.9 Å². The third kappa shape index (κ3) is 4.14. The lowest BCUT2D eigenvalue weighted by Crippen LogP contribution is -2.31. The van der Waals surface area contributed by atoms with Gasteiger partial charge in [-0.25, -0.2) is 0 Å². The van der Waals surface area contributed by atoms with Gasteiger partial charge < -0.3 is 14.4 Å². The standard InChI is InChI=1S/C22H24N4O3/c1-28-13-14-29-18-6-4-17(5-7-18)22(27)26-12-2-3-20(26)21-19(15-24-25-21)16-8-10-23-11-9-16/h4-11,15,20H,2-3,12-14H2,1H3,(H,24,25)/t20-/m1/s1. The predicted octanol–water partition coefficient (Wildman–Crippen LogP) is 3.47. The summed E-state index contributed by atoms with van der Waals surface area (Å²) < 4.78 is 10.6. The summed E-state index contributed by atoms with van der Waals surface area (Å²) in [6, 6.07) is 11.2. The highest BCUT2D eigenvalue weighted by Gasteiger charge is 2.33. The Morgan fingerprint density at radius 1 is 1.17 bits per heavy atom. The lowest BCUT2D eigenvalue weighted by molar-refractivity contribution is 0.0733. The van der Waals surface area contributed by atoms with Crippen LogP contribution < -0.4 is 4.74 Å². The number of carbonyl (C=O) groups is 1. The molecule has 150 valence electrons. The molecule has 0 unspecified atom stereocenters. The lowest BCUT2D eigenvalue weighted by Gasteiger charge is -2.25. The van der Waals surface area contributed by atoms with Gasteiger partial charge in [-0.2, -0.15) is 5.10 Å². The number of carbonyl (C=O) groups excluding carboxylic acids is 1. The summed E-state index contributed by atoms with van der Waals surface area (Å²) in [7, 11) is 1.64. The molecule has 2 aromatic heterocycles. The molecule has 1 fully saturated rings. The Morgan fingerprint density at radius 3 is 2.72 bits per heavy atom. The molecule has 1 atom stereocenters. The summed E-state index contributed by atoms with van der Waals surface area (Å²) in [4.78, 5) is 19.2. The number of hydrogen-bond donors (Lipinski definition) is 1. The first-order valence-electron chi connectivity index (χ1n) is 9.74. The number of amides is 1. The van der Waals surface area contributed by atoms with Crippen LogP contribution in [0.4, 0.5) is 0 Å². The number of nitrogens with one attached hydrogen (secondary N) is 1. The minimum absolute atomic E-state index is 0.0196. The molecular weight excluding hydrogens is 368 g/mol. The summed E-state index contributed by atoms with van der Waals surface area (Å²) in [6.07, 6.45) is 7.21. The molecule has 1 aromatic carbocycles. The zero-order chi connectivity index (χ0) is 20.1. The van der Waals surface area contributed by atoms with Crippen molar-refractivity contribution < 1.29 is 14.3 Å². The Hall–Kier alpha value is -3.19. The number of ether oxygens (including phenoxy) is 2. The molecule has 1 aliphatic rings. The second-order valence-electron chi connectivity index (χ2n) is 6.96. The van der Waals surface area contributed by atoms with Crippen molar-refractivity contribution in [3.05, 3.63) is 66.2 Å². The average molecular weight is 392 g/mol. The molecule has 1 saturated heterocycles. The summed E-state index contributed by atoms with van der Waals surface area (Å²) in [5, 5.41) is 7.37. The van der Waals surface area contributed by atoms with Gasteiger partial charge in [-0.1, -0.05) is 0 Å². The molecule has 0 spiro atoms. The number of aromatic amines is 1. The van der Waals surface area contributed by atoms with Crippen LogP contribution in [0.5, 0.6) is 5.75 Å². The van der Waals surface area contributed by atoms with Gasteiger partial charge in [0.2, 0.25) is 0 Å². The van der Waals surface area contributed by atoms with Gasteiger partial charge in [-0.05, 0) is 54.8 Å². The second kappa shape index (κ2) is 8.87. The fraction of sp³-hybridized carbons (Fsp3) is 0.318. The number of rotatable bonds is 7.